The van der Waals surface area contributed by atoms with Crippen molar-refractivity contribution in [3.05, 3.63) is 83.4 Å². The SMILES string of the molecule is C[C@@H](NCc1ccn(-c2ccc(C(F)(F)F)cc2)n1)c1cccc(F)c1. The summed E-state index contributed by atoms with van der Waals surface area (Å²) in [5.41, 5.74) is 1.40. The van der Waals surface area contributed by atoms with Gasteiger partial charge in [0.15, 0.2) is 0 Å². The Labute approximate surface area is 148 Å². The highest BCUT2D eigenvalue weighted by atomic mass is 19.4. The second-order valence-electron chi connectivity index (χ2n) is 5.95. The summed E-state index contributed by atoms with van der Waals surface area (Å²) in [6.45, 7) is 2.37. The van der Waals surface area contributed by atoms with E-state index in [4.69, 9.17) is 0 Å². The molecule has 0 amide bonds. The Kier molecular flexibility index (Phi) is 5.08. The molecule has 0 aliphatic carbocycles. The fraction of sp³-hybridized carbons (Fsp3) is 0.211. The van der Waals surface area contributed by atoms with Gasteiger partial charge in [-0.2, -0.15) is 18.3 Å². The largest absolute Gasteiger partial charge is 0.416 e. The third kappa shape index (κ3) is 4.29. The lowest BCUT2D eigenvalue weighted by atomic mass is 10.1. The first-order valence-corrected chi connectivity index (χ1v) is 8.04. The van der Waals surface area contributed by atoms with Crippen LogP contribution in [0.4, 0.5) is 17.6 Å². The smallest absolute Gasteiger partial charge is 0.304 e. The Morgan fingerprint density at radius 1 is 1.08 bits per heavy atom. The first kappa shape index (κ1) is 18.1. The Morgan fingerprint density at radius 2 is 1.81 bits per heavy atom. The average molecular weight is 363 g/mol. The highest BCUT2D eigenvalue weighted by molar-refractivity contribution is 5.35. The van der Waals surface area contributed by atoms with Gasteiger partial charge in [0.2, 0.25) is 0 Å². The van der Waals surface area contributed by atoms with Crippen molar-refractivity contribution >= 4 is 0 Å². The van der Waals surface area contributed by atoms with Gasteiger partial charge in [-0.15, -0.1) is 0 Å². The van der Waals surface area contributed by atoms with Gasteiger partial charge in [-0.3, -0.25) is 0 Å². The summed E-state index contributed by atoms with van der Waals surface area (Å²) in [6.07, 6.45) is -2.67. The second kappa shape index (κ2) is 7.29. The molecule has 0 aliphatic heterocycles. The standard InChI is InChI=1S/C19H17F4N3/c1-13(14-3-2-4-16(20)11-14)24-12-17-9-10-26(25-17)18-7-5-15(6-8-18)19(21,22)23/h2-11,13,24H,12H2,1H3/t13-/m1/s1. The van der Waals surface area contributed by atoms with Crippen LogP contribution in [0.2, 0.25) is 0 Å². The lowest BCUT2D eigenvalue weighted by Gasteiger charge is -2.13. The van der Waals surface area contributed by atoms with E-state index in [9.17, 15) is 17.6 Å². The molecule has 3 aromatic rings. The Morgan fingerprint density at radius 3 is 2.46 bits per heavy atom. The van der Waals surface area contributed by atoms with Gasteiger partial charge >= 0.3 is 6.18 Å². The predicted molar refractivity (Wildman–Crippen MR) is 90.2 cm³/mol. The molecule has 0 unspecified atom stereocenters. The van der Waals surface area contributed by atoms with E-state index in [1.807, 2.05) is 13.0 Å². The van der Waals surface area contributed by atoms with E-state index >= 15 is 0 Å². The number of benzene rings is 2. The van der Waals surface area contributed by atoms with Gasteiger partial charge in [-0.05, 0) is 55.0 Å². The number of aromatic nitrogens is 2. The van der Waals surface area contributed by atoms with Crippen molar-refractivity contribution in [2.24, 2.45) is 0 Å². The lowest BCUT2D eigenvalue weighted by Crippen LogP contribution is -2.18. The molecule has 2 aromatic carbocycles. The van der Waals surface area contributed by atoms with E-state index in [2.05, 4.69) is 10.4 Å². The highest BCUT2D eigenvalue weighted by Crippen LogP contribution is 2.29. The number of halogens is 4. The zero-order valence-corrected chi connectivity index (χ0v) is 14.0. The zero-order chi connectivity index (χ0) is 18.7. The van der Waals surface area contributed by atoms with Crippen molar-refractivity contribution in [2.45, 2.75) is 25.7 Å². The minimum atomic E-state index is -4.36. The third-order valence-corrected chi connectivity index (χ3v) is 4.04. The van der Waals surface area contributed by atoms with Crippen molar-refractivity contribution in [3.63, 3.8) is 0 Å². The molecule has 0 radical (unpaired) electrons. The molecular formula is C19H17F4N3. The van der Waals surface area contributed by atoms with E-state index < -0.39 is 11.7 Å². The molecule has 136 valence electrons. The monoisotopic (exact) mass is 363 g/mol. The summed E-state index contributed by atoms with van der Waals surface area (Å²) in [5, 5.41) is 7.60. The average Bonchev–Trinajstić information content (AvgIpc) is 3.08. The maximum absolute atomic E-state index is 13.3. The molecule has 0 saturated carbocycles. The van der Waals surface area contributed by atoms with E-state index in [-0.39, 0.29) is 11.9 Å². The summed E-state index contributed by atoms with van der Waals surface area (Å²) in [7, 11) is 0. The van der Waals surface area contributed by atoms with Crippen molar-refractivity contribution in [1.29, 1.82) is 0 Å². The van der Waals surface area contributed by atoms with Crippen LogP contribution < -0.4 is 5.32 Å². The maximum atomic E-state index is 13.3. The molecular weight excluding hydrogens is 346 g/mol. The van der Waals surface area contributed by atoms with Gasteiger partial charge in [0, 0.05) is 18.8 Å². The van der Waals surface area contributed by atoms with Crippen LogP contribution in [0.5, 0.6) is 0 Å². The fourth-order valence-corrected chi connectivity index (χ4v) is 2.55. The van der Waals surface area contributed by atoms with Crippen molar-refractivity contribution in [2.75, 3.05) is 0 Å². The van der Waals surface area contributed by atoms with Gasteiger partial charge in [0.25, 0.3) is 0 Å². The molecule has 7 heteroatoms. The molecule has 3 nitrogen and oxygen atoms in total. The minimum absolute atomic E-state index is 0.0677. The predicted octanol–water partition coefficient (Wildman–Crippen LogP) is 4.88. The summed E-state index contributed by atoms with van der Waals surface area (Å²) >= 11 is 0. The van der Waals surface area contributed by atoms with Crippen LogP contribution in [0.25, 0.3) is 5.69 Å². The first-order chi connectivity index (χ1) is 12.3. The Balaban J connectivity index is 1.64. The van der Waals surface area contributed by atoms with Gasteiger partial charge < -0.3 is 5.32 Å². The Hall–Kier alpha value is -2.67. The zero-order valence-electron chi connectivity index (χ0n) is 14.0. The third-order valence-electron chi connectivity index (χ3n) is 4.04. The van der Waals surface area contributed by atoms with E-state index in [0.29, 0.717) is 12.2 Å². The van der Waals surface area contributed by atoms with Crippen LogP contribution >= 0.6 is 0 Å². The topological polar surface area (TPSA) is 29.9 Å². The van der Waals surface area contributed by atoms with Crippen LogP contribution in [-0.2, 0) is 12.7 Å². The summed E-state index contributed by atoms with van der Waals surface area (Å²) in [6, 6.07) is 12.9. The van der Waals surface area contributed by atoms with Gasteiger partial charge in [-0.25, -0.2) is 9.07 Å². The number of nitrogens with one attached hydrogen (secondary N) is 1. The molecule has 1 heterocycles. The quantitative estimate of drug-likeness (QED) is 0.655. The molecule has 0 spiro atoms. The summed E-state index contributed by atoms with van der Waals surface area (Å²) in [4.78, 5) is 0. The van der Waals surface area contributed by atoms with E-state index in [1.165, 1.54) is 28.9 Å². The normalized spacial score (nSPS) is 13.0. The minimum Gasteiger partial charge on any atom is -0.304 e. The molecule has 0 aliphatic rings. The van der Waals surface area contributed by atoms with Crippen LogP contribution in [0, 0.1) is 5.82 Å². The molecule has 3 rings (SSSR count). The molecule has 0 bridgehead atoms. The van der Waals surface area contributed by atoms with Crippen LogP contribution in [0.15, 0.2) is 60.8 Å². The number of rotatable bonds is 5. The number of nitrogens with zero attached hydrogens (tertiary/aromatic N) is 2. The summed E-state index contributed by atoms with van der Waals surface area (Å²) in [5.74, 6) is -0.289. The van der Waals surface area contributed by atoms with Gasteiger partial charge in [0.05, 0.1) is 16.9 Å². The first-order valence-electron chi connectivity index (χ1n) is 8.04. The van der Waals surface area contributed by atoms with E-state index in [0.717, 1.165) is 23.4 Å². The summed E-state index contributed by atoms with van der Waals surface area (Å²) < 4.78 is 52.6. The van der Waals surface area contributed by atoms with Crippen molar-refractivity contribution in [3.8, 4) is 5.69 Å². The van der Waals surface area contributed by atoms with Crippen molar-refractivity contribution in [1.82, 2.24) is 15.1 Å². The number of hydrogen-bond donors (Lipinski definition) is 1. The molecule has 26 heavy (non-hydrogen) atoms. The Bertz CT molecular complexity index is 869. The maximum Gasteiger partial charge on any atom is 0.416 e. The van der Waals surface area contributed by atoms with Crippen LogP contribution in [0.1, 0.15) is 29.8 Å². The number of hydrogen-bond acceptors (Lipinski definition) is 2. The van der Waals surface area contributed by atoms with Gasteiger partial charge in [0.1, 0.15) is 5.82 Å². The van der Waals surface area contributed by atoms with Crippen LogP contribution in [0.3, 0.4) is 0 Å². The number of alkyl halides is 3. The molecule has 1 N–H and O–H groups in total. The fourth-order valence-electron chi connectivity index (χ4n) is 2.55. The molecule has 0 fully saturated rings. The van der Waals surface area contributed by atoms with Crippen LogP contribution in [-0.4, -0.2) is 9.78 Å². The highest BCUT2D eigenvalue weighted by Gasteiger charge is 2.30. The molecule has 0 saturated heterocycles. The molecule has 1 aromatic heterocycles. The van der Waals surface area contributed by atoms with Gasteiger partial charge in [-0.1, -0.05) is 12.1 Å². The molecule has 1 atom stereocenters. The van der Waals surface area contributed by atoms with Crippen molar-refractivity contribution < 1.29 is 17.6 Å². The van der Waals surface area contributed by atoms with E-state index in [1.54, 1.807) is 18.3 Å². The lowest BCUT2D eigenvalue weighted by molar-refractivity contribution is -0.137. The second-order valence-corrected chi connectivity index (χ2v) is 5.95.